The average molecular weight is 642 g/mol. The first-order valence-electron chi connectivity index (χ1n) is 13.2. The molecule has 0 aromatic carbocycles. The van der Waals surface area contributed by atoms with E-state index in [1.165, 1.54) is 21.3 Å². The maximum atomic E-state index is 13.4. The van der Waals surface area contributed by atoms with Crippen molar-refractivity contribution in [2.45, 2.75) is 59.9 Å². The van der Waals surface area contributed by atoms with E-state index in [9.17, 15) is 45.0 Å². The Morgan fingerprint density at radius 1 is 0.953 bits per heavy atom. The number of aliphatic hydroxyl groups excluding tert-OH is 1. The molecule has 3 unspecified atom stereocenters. The Morgan fingerprint density at radius 3 is 2.09 bits per heavy atom. The molecular formula is C24H29F6N7O5S. The molecule has 19 heteroatoms. The highest BCUT2D eigenvalue weighted by Crippen LogP contribution is 2.49. The fourth-order valence-electron chi connectivity index (χ4n) is 5.80. The van der Waals surface area contributed by atoms with Crippen molar-refractivity contribution in [2.24, 2.45) is 0 Å². The number of piperazine rings is 1. The Kier molecular flexibility index (Phi) is 8.27. The number of nitrogens with zero attached hydrogens (tertiary/aromatic N) is 6. The topological polar surface area (TPSA) is 158 Å². The van der Waals surface area contributed by atoms with Gasteiger partial charge in [0.15, 0.2) is 0 Å². The summed E-state index contributed by atoms with van der Waals surface area (Å²) in [5.74, 6) is -0.128. The van der Waals surface area contributed by atoms with Crippen LogP contribution in [0.5, 0.6) is 0 Å². The van der Waals surface area contributed by atoms with Gasteiger partial charge >= 0.3 is 12.4 Å². The number of hydrogen-bond acceptors (Lipinski definition) is 11. The van der Waals surface area contributed by atoms with Gasteiger partial charge in [0, 0.05) is 62.4 Å². The minimum Gasteiger partial charge on any atom is -0.393 e. The van der Waals surface area contributed by atoms with Crippen LogP contribution in [0, 0.1) is 0 Å². The number of alkyl halides is 6. The molecule has 0 spiro atoms. The summed E-state index contributed by atoms with van der Waals surface area (Å²) in [6.45, 7) is 0.536. The second-order valence-corrected chi connectivity index (χ2v) is 12.7. The molecule has 3 fully saturated rings. The smallest absolute Gasteiger partial charge is 0.393 e. The zero-order valence-corrected chi connectivity index (χ0v) is 23.2. The number of hydrogen-bond donors (Lipinski definition) is 3. The van der Waals surface area contributed by atoms with Gasteiger partial charge in [-0.1, -0.05) is 0 Å². The number of anilines is 2. The van der Waals surface area contributed by atoms with Gasteiger partial charge in [0.2, 0.25) is 16.0 Å². The molecule has 43 heavy (non-hydrogen) atoms. The van der Waals surface area contributed by atoms with E-state index in [2.05, 4.69) is 19.9 Å². The molecule has 5 heterocycles. The number of piperidine rings is 1. The molecule has 2 aromatic heterocycles. The zero-order valence-electron chi connectivity index (χ0n) is 22.4. The first-order valence-corrected chi connectivity index (χ1v) is 14.6. The van der Waals surface area contributed by atoms with E-state index in [1.807, 2.05) is 0 Å². The van der Waals surface area contributed by atoms with Crippen LogP contribution in [-0.2, 0) is 20.4 Å². The fraction of sp³-hybridized carbons (Fsp3) is 0.625. The number of sulfonamides is 1. The van der Waals surface area contributed by atoms with Gasteiger partial charge in [0.25, 0.3) is 5.60 Å². The van der Waals surface area contributed by atoms with Gasteiger partial charge in [-0.15, -0.1) is 0 Å². The van der Waals surface area contributed by atoms with Crippen LogP contribution in [0.15, 0.2) is 35.6 Å². The number of pyridine rings is 1. The summed E-state index contributed by atoms with van der Waals surface area (Å²) in [5.41, 5.74) is -1.22. The van der Waals surface area contributed by atoms with Gasteiger partial charge in [-0.2, -0.15) is 30.6 Å². The molecular weight excluding hydrogens is 612 g/mol. The quantitative estimate of drug-likeness (QED) is 0.385. The van der Waals surface area contributed by atoms with Gasteiger partial charge in [-0.05, 0) is 25.0 Å². The summed E-state index contributed by atoms with van der Waals surface area (Å²) in [7, 11) is -4.06. The van der Waals surface area contributed by atoms with E-state index in [0.29, 0.717) is 26.1 Å². The summed E-state index contributed by atoms with van der Waals surface area (Å²) in [4.78, 5) is 14.8. The van der Waals surface area contributed by atoms with Crippen molar-refractivity contribution < 1.29 is 49.7 Å². The summed E-state index contributed by atoms with van der Waals surface area (Å²) in [6, 6.07) is 1.53. The van der Waals surface area contributed by atoms with Gasteiger partial charge in [0.05, 0.1) is 25.4 Å². The molecule has 238 valence electrons. The van der Waals surface area contributed by atoms with Gasteiger partial charge < -0.3 is 25.6 Å². The van der Waals surface area contributed by atoms with Crippen molar-refractivity contribution in [3.05, 3.63) is 36.3 Å². The number of ether oxygens (including phenoxy) is 1. The van der Waals surface area contributed by atoms with E-state index in [0.717, 1.165) is 6.20 Å². The van der Waals surface area contributed by atoms with Crippen LogP contribution < -0.4 is 10.6 Å². The van der Waals surface area contributed by atoms with E-state index in [-0.39, 0.29) is 67.3 Å². The number of aliphatic hydroxyl groups is 2. The largest absolute Gasteiger partial charge is 0.430 e. The Hall–Kier alpha value is -2.84. The molecule has 5 rings (SSSR count). The molecule has 4 N–H and O–H groups in total. The fourth-order valence-corrected chi connectivity index (χ4v) is 7.22. The predicted octanol–water partition coefficient (Wildman–Crippen LogP) is 0.870. The lowest BCUT2D eigenvalue weighted by molar-refractivity contribution is -0.376. The Balaban J connectivity index is 1.46. The van der Waals surface area contributed by atoms with Crippen LogP contribution in [0.1, 0.15) is 18.4 Å². The summed E-state index contributed by atoms with van der Waals surface area (Å²) in [6.07, 6.45) is -10.3. The van der Waals surface area contributed by atoms with Gasteiger partial charge in [0.1, 0.15) is 10.7 Å². The Morgan fingerprint density at radius 2 is 1.56 bits per heavy atom. The molecule has 0 radical (unpaired) electrons. The van der Waals surface area contributed by atoms with Crippen molar-refractivity contribution in [2.75, 3.05) is 50.0 Å². The number of rotatable bonds is 6. The minimum absolute atomic E-state index is 0.0588. The van der Waals surface area contributed by atoms with Crippen molar-refractivity contribution in [1.82, 2.24) is 24.2 Å². The standard InChI is InChI=1S/C24H29F6N7O5S/c25-23(26,27)22(39,24(28,29)30)14-7-33-21(34-8-14)36-4-3-35(43(40,41)19-1-2-20(31)32-9-19)10-17(36)11-37-15-5-18(38)6-16(37)13-42-12-15/h1-2,7-9,15-18,38-39H,3-6,10-13H2,(H2,31,32). The van der Waals surface area contributed by atoms with Crippen molar-refractivity contribution in [3.8, 4) is 0 Å². The van der Waals surface area contributed by atoms with E-state index < -0.39 is 45.7 Å². The SMILES string of the molecule is Nc1ccc(S(=O)(=O)N2CCN(c3ncc(C(O)(C(F)(F)F)C(F)(F)F)cn3)C(CN3C4COCC3CC(O)C4)C2)cn1. The maximum absolute atomic E-state index is 13.4. The predicted molar refractivity (Wildman–Crippen MR) is 137 cm³/mol. The first-order chi connectivity index (χ1) is 20.0. The second kappa shape index (κ2) is 11.3. The molecule has 0 amide bonds. The molecule has 2 bridgehead atoms. The lowest BCUT2D eigenvalue weighted by Crippen LogP contribution is -2.64. The van der Waals surface area contributed by atoms with Crippen LogP contribution >= 0.6 is 0 Å². The number of morpholine rings is 1. The number of aromatic nitrogens is 3. The number of nitrogen functional groups attached to an aromatic ring is 1. The second-order valence-electron chi connectivity index (χ2n) is 10.8. The number of fused-ring (bicyclic) bond motifs is 2. The highest BCUT2D eigenvalue weighted by Gasteiger charge is 2.71. The molecule has 3 aliphatic heterocycles. The van der Waals surface area contributed by atoms with E-state index in [1.54, 1.807) is 0 Å². The molecule has 3 aliphatic rings. The number of nitrogens with two attached hydrogens (primary N) is 1. The summed E-state index contributed by atoms with van der Waals surface area (Å²) >= 11 is 0. The van der Waals surface area contributed by atoms with Crippen LogP contribution in [0.3, 0.4) is 0 Å². The number of halogens is 6. The van der Waals surface area contributed by atoms with Crippen LogP contribution in [0.2, 0.25) is 0 Å². The van der Waals surface area contributed by atoms with Crippen molar-refractivity contribution >= 4 is 21.8 Å². The Bertz CT molecular complexity index is 1370. The summed E-state index contributed by atoms with van der Waals surface area (Å²) < 4.78 is 114. The molecule has 3 atom stereocenters. The third-order valence-electron chi connectivity index (χ3n) is 8.04. The zero-order chi connectivity index (χ0) is 31.4. The highest BCUT2D eigenvalue weighted by molar-refractivity contribution is 7.89. The van der Waals surface area contributed by atoms with Crippen LogP contribution in [-0.4, -0.2) is 119 Å². The molecule has 3 saturated heterocycles. The van der Waals surface area contributed by atoms with Gasteiger partial charge in [-0.25, -0.2) is 23.4 Å². The lowest BCUT2D eigenvalue weighted by Gasteiger charge is -2.50. The third-order valence-corrected chi connectivity index (χ3v) is 9.89. The first kappa shape index (κ1) is 31.6. The molecule has 2 aromatic rings. The van der Waals surface area contributed by atoms with E-state index >= 15 is 0 Å². The Labute approximate surface area is 242 Å². The van der Waals surface area contributed by atoms with Crippen LogP contribution in [0.25, 0.3) is 0 Å². The molecule has 12 nitrogen and oxygen atoms in total. The minimum atomic E-state index is -6.10. The third kappa shape index (κ3) is 5.85. The average Bonchev–Trinajstić information content (AvgIpc) is 2.92. The van der Waals surface area contributed by atoms with Crippen LogP contribution in [0.4, 0.5) is 38.1 Å². The maximum Gasteiger partial charge on any atom is 0.430 e. The molecule has 0 aliphatic carbocycles. The summed E-state index contributed by atoms with van der Waals surface area (Å²) in [5, 5.41) is 20.0. The lowest BCUT2D eigenvalue weighted by atomic mass is 9.91. The molecule has 0 saturated carbocycles. The highest BCUT2D eigenvalue weighted by atomic mass is 32.2. The normalized spacial score (nSPS) is 26.5. The van der Waals surface area contributed by atoms with Crippen molar-refractivity contribution in [3.63, 3.8) is 0 Å². The van der Waals surface area contributed by atoms with E-state index in [4.69, 9.17) is 10.5 Å². The monoisotopic (exact) mass is 641 g/mol. The van der Waals surface area contributed by atoms with Gasteiger partial charge in [-0.3, -0.25) is 4.90 Å². The van der Waals surface area contributed by atoms with Crippen molar-refractivity contribution in [1.29, 1.82) is 0 Å².